The average Bonchev–Trinajstić information content (AvgIpc) is 3.29. The monoisotopic (exact) mass is 282 g/mol. The summed E-state index contributed by atoms with van der Waals surface area (Å²) in [6.45, 7) is 2.81. The Morgan fingerprint density at radius 1 is 1.20 bits per heavy atom. The van der Waals surface area contributed by atoms with Crippen LogP contribution in [0.5, 0.6) is 0 Å². The van der Waals surface area contributed by atoms with Crippen LogP contribution < -0.4 is 5.73 Å². The maximum Gasteiger partial charge on any atom is 0.325 e. The molecule has 0 aromatic carbocycles. The molecule has 2 saturated carbocycles. The smallest absolute Gasteiger partial charge is 0.325 e. The highest BCUT2D eigenvalue weighted by molar-refractivity contribution is 5.84. The molecular weight excluding hydrogens is 256 g/mol. The fourth-order valence-corrected chi connectivity index (χ4v) is 3.15. The first-order valence-corrected chi connectivity index (χ1v) is 7.83. The highest BCUT2D eigenvalue weighted by Gasteiger charge is 2.40. The van der Waals surface area contributed by atoms with Crippen LogP contribution in [0.4, 0.5) is 0 Å². The lowest BCUT2D eigenvalue weighted by molar-refractivity contribution is -0.151. The molecule has 0 aromatic heterocycles. The molecule has 1 amide bonds. The standard InChI is InChI=1S/C15H26N2O3/c1-2-20-14(18)10-17(12-7-8-12)15(19)13-6-4-3-5-11(13)9-16/h11-13H,2-10,16H2,1H3. The Balaban J connectivity index is 2.00. The van der Waals surface area contributed by atoms with Gasteiger partial charge in [0.25, 0.3) is 0 Å². The Morgan fingerprint density at radius 3 is 2.50 bits per heavy atom. The van der Waals surface area contributed by atoms with E-state index >= 15 is 0 Å². The summed E-state index contributed by atoms with van der Waals surface area (Å²) in [5.74, 6) is 0.104. The largest absolute Gasteiger partial charge is 0.465 e. The number of ether oxygens (including phenoxy) is 1. The van der Waals surface area contributed by atoms with Gasteiger partial charge in [-0.1, -0.05) is 12.8 Å². The van der Waals surface area contributed by atoms with E-state index in [1.54, 1.807) is 11.8 Å². The molecule has 2 rings (SSSR count). The van der Waals surface area contributed by atoms with Gasteiger partial charge in [-0.15, -0.1) is 0 Å². The summed E-state index contributed by atoms with van der Waals surface area (Å²) in [6.07, 6.45) is 6.20. The van der Waals surface area contributed by atoms with Crippen LogP contribution in [-0.4, -0.2) is 42.5 Å². The van der Waals surface area contributed by atoms with Crippen LogP contribution in [0, 0.1) is 11.8 Å². The van der Waals surface area contributed by atoms with E-state index in [1.165, 1.54) is 0 Å². The van der Waals surface area contributed by atoms with Gasteiger partial charge in [0.05, 0.1) is 6.61 Å². The summed E-state index contributed by atoms with van der Waals surface area (Å²) in [5.41, 5.74) is 5.81. The van der Waals surface area contributed by atoms with Gasteiger partial charge in [0.2, 0.25) is 5.91 Å². The second-order valence-electron chi connectivity index (χ2n) is 5.89. The first kappa shape index (κ1) is 15.3. The molecule has 0 aliphatic heterocycles. The van der Waals surface area contributed by atoms with Crippen LogP contribution in [0.25, 0.3) is 0 Å². The summed E-state index contributed by atoms with van der Waals surface area (Å²) < 4.78 is 4.98. The predicted molar refractivity (Wildman–Crippen MR) is 75.9 cm³/mol. The van der Waals surface area contributed by atoms with Crippen LogP contribution in [0.15, 0.2) is 0 Å². The second-order valence-corrected chi connectivity index (χ2v) is 5.89. The summed E-state index contributed by atoms with van der Waals surface area (Å²) in [6, 6.07) is 0.243. The van der Waals surface area contributed by atoms with E-state index in [0.717, 1.165) is 38.5 Å². The molecule has 0 radical (unpaired) electrons. The zero-order valence-electron chi connectivity index (χ0n) is 12.3. The van der Waals surface area contributed by atoms with Crippen LogP contribution in [0.2, 0.25) is 0 Å². The molecule has 2 unspecified atom stereocenters. The first-order chi connectivity index (χ1) is 9.67. The van der Waals surface area contributed by atoms with Crippen molar-refractivity contribution in [2.45, 2.75) is 51.5 Å². The molecule has 5 heteroatoms. The fourth-order valence-electron chi connectivity index (χ4n) is 3.15. The number of nitrogens with two attached hydrogens (primary N) is 1. The minimum atomic E-state index is -0.298. The molecular formula is C15H26N2O3. The van der Waals surface area contributed by atoms with E-state index in [1.807, 2.05) is 0 Å². The van der Waals surface area contributed by atoms with Gasteiger partial charge in [0, 0.05) is 12.0 Å². The van der Waals surface area contributed by atoms with Crippen molar-refractivity contribution < 1.29 is 14.3 Å². The van der Waals surface area contributed by atoms with Crippen molar-refractivity contribution in [3.05, 3.63) is 0 Å². The Labute approximate surface area is 120 Å². The molecule has 2 aliphatic rings. The molecule has 5 nitrogen and oxygen atoms in total. The molecule has 2 aliphatic carbocycles. The normalized spacial score (nSPS) is 26.1. The molecule has 0 heterocycles. The topological polar surface area (TPSA) is 72.6 Å². The van der Waals surface area contributed by atoms with Gasteiger partial charge >= 0.3 is 5.97 Å². The van der Waals surface area contributed by atoms with Gasteiger partial charge in [-0.2, -0.15) is 0 Å². The summed E-state index contributed by atoms with van der Waals surface area (Å²) in [4.78, 5) is 26.2. The predicted octanol–water partition coefficient (Wildman–Crippen LogP) is 1.31. The summed E-state index contributed by atoms with van der Waals surface area (Å²) >= 11 is 0. The molecule has 2 fully saturated rings. The van der Waals surface area contributed by atoms with Crippen molar-refractivity contribution in [2.24, 2.45) is 17.6 Å². The maximum absolute atomic E-state index is 12.8. The van der Waals surface area contributed by atoms with Crippen LogP contribution in [-0.2, 0) is 14.3 Å². The first-order valence-electron chi connectivity index (χ1n) is 7.83. The van der Waals surface area contributed by atoms with Crippen molar-refractivity contribution >= 4 is 11.9 Å². The van der Waals surface area contributed by atoms with Crippen molar-refractivity contribution in [3.63, 3.8) is 0 Å². The van der Waals surface area contributed by atoms with Crippen LogP contribution in [0.3, 0.4) is 0 Å². The molecule has 0 spiro atoms. The summed E-state index contributed by atoms with van der Waals surface area (Å²) in [5, 5.41) is 0. The molecule has 114 valence electrons. The van der Waals surface area contributed by atoms with Gasteiger partial charge in [-0.25, -0.2) is 0 Å². The highest BCUT2D eigenvalue weighted by Crippen LogP contribution is 2.34. The molecule has 0 aromatic rings. The van der Waals surface area contributed by atoms with E-state index < -0.39 is 0 Å². The average molecular weight is 282 g/mol. The highest BCUT2D eigenvalue weighted by atomic mass is 16.5. The van der Waals surface area contributed by atoms with Gasteiger partial charge < -0.3 is 15.4 Å². The molecule has 20 heavy (non-hydrogen) atoms. The maximum atomic E-state index is 12.8. The lowest BCUT2D eigenvalue weighted by atomic mass is 9.78. The van der Waals surface area contributed by atoms with E-state index in [2.05, 4.69) is 0 Å². The Hall–Kier alpha value is -1.10. The Morgan fingerprint density at radius 2 is 1.90 bits per heavy atom. The Kier molecular flexibility index (Phi) is 5.40. The number of carbonyl (C=O) groups is 2. The van der Waals surface area contributed by atoms with Crippen LogP contribution >= 0.6 is 0 Å². The third kappa shape index (κ3) is 3.72. The quantitative estimate of drug-likeness (QED) is 0.745. The third-order valence-corrected chi connectivity index (χ3v) is 4.40. The minimum absolute atomic E-state index is 0.00350. The van der Waals surface area contributed by atoms with Crippen molar-refractivity contribution in [2.75, 3.05) is 19.7 Å². The van der Waals surface area contributed by atoms with E-state index in [9.17, 15) is 9.59 Å². The fraction of sp³-hybridized carbons (Fsp3) is 0.867. The van der Waals surface area contributed by atoms with Gasteiger partial charge in [0.1, 0.15) is 6.54 Å². The second kappa shape index (κ2) is 7.07. The number of carbonyl (C=O) groups excluding carboxylic acids is 2. The van der Waals surface area contributed by atoms with E-state index in [-0.39, 0.29) is 36.3 Å². The lowest BCUT2D eigenvalue weighted by Gasteiger charge is -2.34. The van der Waals surface area contributed by atoms with Crippen molar-refractivity contribution in [1.82, 2.24) is 4.90 Å². The summed E-state index contributed by atoms with van der Waals surface area (Å²) in [7, 11) is 0. The van der Waals surface area contributed by atoms with E-state index in [0.29, 0.717) is 13.2 Å². The van der Waals surface area contributed by atoms with Crippen LogP contribution in [0.1, 0.15) is 45.4 Å². The zero-order chi connectivity index (χ0) is 14.5. The number of rotatable bonds is 6. The number of hydrogen-bond acceptors (Lipinski definition) is 4. The van der Waals surface area contributed by atoms with Crippen molar-refractivity contribution in [1.29, 1.82) is 0 Å². The van der Waals surface area contributed by atoms with Crippen molar-refractivity contribution in [3.8, 4) is 0 Å². The molecule has 0 bridgehead atoms. The number of amides is 1. The molecule has 0 saturated heterocycles. The van der Waals surface area contributed by atoms with Gasteiger partial charge in [-0.3, -0.25) is 9.59 Å². The Bertz CT molecular complexity index is 355. The number of esters is 1. The third-order valence-electron chi connectivity index (χ3n) is 4.40. The molecule has 2 atom stereocenters. The zero-order valence-corrected chi connectivity index (χ0v) is 12.3. The van der Waals surface area contributed by atoms with E-state index in [4.69, 9.17) is 10.5 Å². The SMILES string of the molecule is CCOC(=O)CN(C(=O)C1CCCCC1CN)C1CC1. The minimum Gasteiger partial charge on any atom is -0.465 e. The van der Waals surface area contributed by atoms with Gasteiger partial charge in [-0.05, 0) is 45.1 Å². The van der Waals surface area contributed by atoms with Gasteiger partial charge in [0.15, 0.2) is 0 Å². The number of hydrogen-bond donors (Lipinski definition) is 1. The number of nitrogens with zero attached hydrogens (tertiary/aromatic N) is 1. The lowest BCUT2D eigenvalue weighted by Crippen LogP contribution is -2.45. The molecule has 2 N–H and O–H groups in total.